The van der Waals surface area contributed by atoms with E-state index in [9.17, 15) is 4.79 Å². The Morgan fingerprint density at radius 2 is 2.18 bits per heavy atom. The van der Waals surface area contributed by atoms with Crippen LogP contribution in [0.1, 0.15) is 36.8 Å². The van der Waals surface area contributed by atoms with Gasteiger partial charge in [0.25, 0.3) is 0 Å². The molecule has 0 saturated heterocycles. The molecule has 0 aliphatic carbocycles. The fraction of sp³-hybridized carbons (Fsp3) is 0.500. The van der Waals surface area contributed by atoms with Gasteiger partial charge in [0.1, 0.15) is 6.04 Å². The van der Waals surface area contributed by atoms with E-state index in [0.29, 0.717) is 12.3 Å². The van der Waals surface area contributed by atoms with Crippen molar-refractivity contribution in [2.75, 3.05) is 7.11 Å². The highest BCUT2D eigenvalue weighted by molar-refractivity contribution is 5.75. The van der Waals surface area contributed by atoms with Crippen LogP contribution in [0, 0.1) is 6.92 Å². The van der Waals surface area contributed by atoms with Gasteiger partial charge in [-0.15, -0.1) is 0 Å². The standard InChI is InChI=1S/C14H21NO2/c1-4-11(9-13(15)14(16)17-3)12-7-5-6-10(2)8-12/h5-8,11,13H,4,9,15H2,1-3H3. The van der Waals surface area contributed by atoms with Crippen LogP contribution in [0.3, 0.4) is 0 Å². The predicted octanol–water partition coefficient (Wildman–Crippen LogP) is 2.38. The second-order valence-corrected chi connectivity index (χ2v) is 4.38. The Labute approximate surface area is 103 Å². The minimum atomic E-state index is -0.537. The van der Waals surface area contributed by atoms with Crippen LogP contribution >= 0.6 is 0 Å². The summed E-state index contributed by atoms with van der Waals surface area (Å²) in [5.74, 6) is -0.0277. The molecule has 3 nitrogen and oxygen atoms in total. The zero-order valence-corrected chi connectivity index (χ0v) is 10.8. The number of carbonyl (C=O) groups is 1. The monoisotopic (exact) mass is 235 g/mol. The predicted molar refractivity (Wildman–Crippen MR) is 68.8 cm³/mol. The van der Waals surface area contributed by atoms with Crippen molar-refractivity contribution in [1.29, 1.82) is 0 Å². The second-order valence-electron chi connectivity index (χ2n) is 4.38. The first-order chi connectivity index (χ1) is 8.08. The molecule has 1 rings (SSSR count). The van der Waals surface area contributed by atoms with Crippen LogP contribution in [0.25, 0.3) is 0 Å². The number of ether oxygens (including phenoxy) is 1. The molecule has 1 aromatic rings. The molecule has 2 unspecified atom stereocenters. The van der Waals surface area contributed by atoms with E-state index in [1.54, 1.807) is 0 Å². The second kappa shape index (κ2) is 6.40. The van der Waals surface area contributed by atoms with Gasteiger partial charge in [0, 0.05) is 0 Å². The summed E-state index contributed by atoms with van der Waals surface area (Å²) < 4.78 is 4.65. The van der Waals surface area contributed by atoms with Gasteiger partial charge in [-0.1, -0.05) is 36.8 Å². The zero-order valence-electron chi connectivity index (χ0n) is 10.8. The number of nitrogens with two attached hydrogens (primary N) is 1. The van der Waals surface area contributed by atoms with Gasteiger partial charge in [-0.05, 0) is 31.2 Å². The van der Waals surface area contributed by atoms with E-state index in [0.717, 1.165) is 6.42 Å². The summed E-state index contributed by atoms with van der Waals surface area (Å²) in [6.07, 6.45) is 1.60. The van der Waals surface area contributed by atoms with Crippen molar-refractivity contribution in [2.45, 2.75) is 38.6 Å². The third kappa shape index (κ3) is 3.86. The number of rotatable bonds is 5. The summed E-state index contributed by atoms with van der Waals surface area (Å²) in [7, 11) is 1.37. The number of aryl methyl sites for hydroxylation is 1. The molecule has 0 aliphatic heterocycles. The molecular formula is C14H21NO2. The molecule has 3 heteroatoms. The molecular weight excluding hydrogens is 214 g/mol. The molecule has 0 amide bonds. The minimum absolute atomic E-state index is 0.309. The molecule has 94 valence electrons. The molecule has 2 atom stereocenters. The first-order valence-corrected chi connectivity index (χ1v) is 5.98. The van der Waals surface area contributed by atoms with Gasteiger partial charge >= 0.3 is 5.97 Å². The lowest BCUT2D eigenvalue weighted by molar-refractivity contribution is -0.142. The van der Waals surface area contributed by atoms with Crippen LogP contribution in [0.2, 0.25) is 0 Å². The van der Waals surface area contributed by atoms with Crippen molar-refractivity contribution in [3.05, 3.63) is 35.4 Å². The molecule has 17 heavy (non-hydrogen) atoms. The van der Waals surface area contributed by atoms with Crippen molar-refractivity contribution in [1.82, 2.24) is 0 Å². The average Bonchev–Trinajstić information content (AvgIpc) is 2.34. The molecule has 0 aliphatic rings. The lowest BCUT2D eigenvalue weighted by Crippen LogP contribution is -2.33. The fourth-order valence-corrected chi connectivity index (χ4v) is 2.02. The van der Waals surface area contributed by atoms with Crippen LogP contribution in [-0.4, -0.2) is 19.1 Å². The maximum Gasteiger partial charge on any atom is 0.322 e. The van der Waals surface area contributed by atoms with Crippen LogP contribution in [0.4, 0.5) is 0 Å². The van der Waals surface area contributed by atoms with E-state index < -0.39 is 6.04 Å². The van der Waals surface area contributed by atoms with Crippen molar-refractivity contribution in [3.63, 3.8) is 0 Å². The van der Waals surface area contributed by atoms with Gasteiger partial charge in [0.2, 0.25) is 0 Å². The third-order valence-corrected chi connectivity index (χ3v) is 3.05. The highest BCUT2D eigenvalue weighted by Crippen LogP contribution is 2.25. The summed E-state index contributed by atoms with van der Waals surface area (Å²) in [6, 6.07) is 7.81. The van der Waals surface area contributed by atoms with Crippen molar-refractivity contribution in [3.8, 4) is 0 Å². The largest absolute Gasteiger partial charge is 0.468 e. The Balaban J connectivity index is 2.75. The van der Waals surface area contributed by atoms with Crippen molar-refractivity contribution in [2.24, 2.45) is 5.73 Å². The Morgan fingerprint density at radius 3 is 2.71 bits per heavy atom. The maximum absolute atomic E-state index is 11.3. The lowest BCUT2D eigenvalue weighted by Gasteiger charge is -2.19. The summed E-state index contributed by atoms with van der Waals surface area (Å²) in [5, 5.41) is 0. The highest BCUT2D eigenvalue weighted by Gasteiger charge is 2.20. The Hall–Kier alpha value is -1.35. The normalized spacial score (nSPS) is 14.1. The van der Waals surface area contributed by atoms with E-state index >= 15 is 0 Å². The zero-order chi connectivity index (χ0) is 12.8. The Bertz CT molecular complexity index is 376. The van der Waals surface area contributed by atoms with Crippen LogP contribution in [0.15, 0.2) is 24.3 Å². The van der Waals surface area contributed by atoms with E-state index in [4.69, 9.17) is 5.73 Å². The van der Waals surface area contributed by atoms with E-state index in [2.05, 4.69) is 36.8 Å². The van der Waals surface area contributed by atoms with Crippen LogP contribution in [0.5, 0.6) is 0 Å². The number of methoxy groups -OCH3 is 1. The number of hydrogen-bond donors (Lipinski definition) is 1. The van der Waals surface area contributed by atoms with Gasteiger partial charge in [-0.3, -0.25) is 4.79 Å². The van der Waals surface area contributed by atoms with Gasteiger partial charge in [0.15, 0.2) is 0 Å². The Morgan fingerprint density at radius 1 is 1.47 bits per heavy atom. The molecule has 0 bridgehead atoms. The van der Waals surface area contributed by atoms with Gasteiger partial charge < -0.3 is 10.5 Å². The molecule has 2 N–H and O–H groups in total. The van der Waals surface area contributed by atoms with E-state index in [-0.39, 0.29) is 5.97 Å². The Kier molecular flexibility index (Phi) is 5.16. The molecule has 0 radical (unpaired) electrons. The van der Waals surface area contributed by atoms with Crippen LogP contribution < -0.4 is 5.73 Å². The van der Waals surface area contributed by atoms with Gasteiger partial charge in [-0.2, -0.15) is 0 Å². The minimum Gasteiger partial charge on any atom is -0.468 e. The smallest absolute Gasteiger partial charge is 0.322 e. The highest BCUT2D eigenvalue weighted by atomic mass is 16.5. The average molecular weight is 235 g/mol. The number of carbonyl (C=O) groups excluding carboxylic acids is 1. The van der Waals surface area contributed by atoms with E-state index in [1.165, 1.54) is 18.2 Å². The molecule has 0 aromatic heterocycles. The lowest BCUT2D eigenvalue weighted by atomic mass is 9.89. The quantitative estimate of drug-likeness (QED) is 0.797. The van der Waals surface area contributed by atoms with Crippen molar-refractivity contribution < 1.29 is 9.53 Å². The summed E-state index contributed by atoms with van der Waals surface area (Å²) >= 11 is 0. The van der Waals surface area contributed by atoms with Gasteiger partial charge in [-0.25, -0.2) is 0 Å². The fourth-order valence-electron chi connectivity index (χ4n) is 2.02. The molecule has 0 heterocycles. The van der Waals surface area contributed by atoms with Crippen LogP contribution in [-0.2, 0) is 9.53 Å². The number of benzene rings is 1. The number of hydrogen-bond acceptors (Lipinski definition) is 3. The molecule has 1 aromatic carbocycles. The summed E-state index contributed by atoms with van der Waals surface area (Å²) in [5.41, 5.74) is 8.28. The SMILES string of the molecule is CCC(CC(N)C(=O)OC)c1cccc(C)c1. The van der Waals surface area contributed by atoms with E-state index in [1.807, 2.05) is 6.07 Å². The van der Waals surface area contributed by atoms with Gasteiger partial charge in [0.05, 0.1) is 7.11 Å². The molecule has 0 fully saturated rings. The number of esters is 1. The summed E-state index contributed by atoms with van der Waals surface area (Å²) in [6.45, 7) is 4.17. The molecule has 0 spiro atoms. The summed E-state index contributed by atoms with van der Waals surface area (Å²) in [4.78, 5) is 11.3. The third-order valence-electron chi connectivity index (χ3n) is 3.05. The first-order valence-electron chi connectivity index (χ1n) is 5.98. The first kappa shape index (κ1) is 13.7. The topological polar surface area (TPSA) is 52.3 Å². The molecule has 0 saturated carbocycles. The van der Waals surface area contributed by atoms with Crippen molar-refractivity contribution >= 4 is 5.97 Å². The maximum atomic E-state index is 11.3.